The van der Waals surface area contributed by atoms with Gasteiger partial charge in [-0.3, -0.25) is 4.90 Å². The molecule has 0 bridgehead atoms. The van der Waals surface area contributed by atoms with Crippen LogP contribution in [0.1, 0.15) is 78.7 Å². The fraction of sp³-hybridized carbons (Fsp3) is 0.786. The van der Waals surface area contributed by atoms with E-state index in [2.05, 4.69) is 74.4 Å². The van der Waals surface area contributed by atoms with E-state index in [1.807, 2.05) is 0 Å². The third-order valence-corrected chi connectivity index (χ3v) is 7.91. The lowest BCUT2D eigenvalue weighted by atomic mass is 9.71. The highest BCUT2D eigenvalue weighted by Gasteiger charge is 2.31. The van der Waals surface area contributed by atoms with Gasteiger partial charge in [0.25, 0.3) is 0 Å². The SMILES string of the molecule is CC(C)CN1CCN(c2ccc(N3C[C@@H](C)O[C@@H](C)C3)cc2C2CCC(C)(C)CC2)CC1.Cl. The van der Waals surface area contributed by atoms with E-state index >= 15 is 0 Å². The van der Waals surface area contributed by atoms with Gasteiger partial charge in [-0.1, -0.05) is 27.7 Å². The zero-order valence-electron chi connectivity index (χ0n) is 22.0. The number of halogens is 1. The van der Waals surface area contributed by atoms with E-state index in [1.165, 1.54) is 56.7 Å². The van der Waals surface area contributed by atoms with Crippen LogP contribution in [0.25, 0.3) is 0 Å². The molecule has 0 N–H and O–H groups in total. The van der Waals surface area contributed by atoms with Crippen LogP contribution in [-0.4, -0.2) is 62.9 Å². The summed E-state index contributed by atoms with van der Waals surface area (Å²) in [6, 6.07) is 7.40. The minimum Gasteiger partial charge on any atom is -0.372 e. The Morgan fingerprint density at radius 2 is 1.55 bits per heavy atom. The van der Waals surface area contributed by atoms with Crippen LogP contribution in [0.4, 0.5) is 11.4 Å². The predicted octanol–water partition coefficient (Wildman–Crippen LogP) is 6.18. The van der Waals surface area contributed by atoms with Crippen molar-refractivity contribution in [2.45, 2.75) is 85.4 Å². The molecular formula is C28H48ClN3O. The van der Waals surface area contributed by atoms with Crippen LogP contribution in [0.5, 0.6) is 0 Å². The van der Waals surface area contributed by atoms with Crippen molar-refractivity contribution in [3.63, 3.8) is 0 Å². The van der Waals surface area contributed by atoms with E-state index in [0.29, 0.717) is 23.5 Å². The van der Waals surface area contributed by atoms with E-state index in [1.54, 1.807) is 5.56 Å². The van der Waals surface area contributed by atoms with Gasteiger partial charge in [-0.05, 0) is 80.5 Å². The van der Waals surface area contributed by atoms with Crippen LogP contribution < -0.4 is 9.80 Å². The minimum absolute atomic E-state index is 0. The van der Waals surface area contributed by atoms with E-state index in [-0.39, 0.29) is 12.4 Å². The molecule has 1 aliphatic carbocycles. The standard InChI is InChI=1S/C28H47N3O.ClH/c1-21(2)18-29-13-15-30(16-14-29)27-8-7-25(31-19-22(3)32-23(4)20-31)17-26(27)24-9-11-28(5,6)12-10-24;/h7-8,17,21-24H,9-16,18-20H2,1-6H3;1H/t22-,23+;. The predicted molar refractivity (Wildman–Crippen MR) is 144 cm³/mol. The van der Waals surface area contributed by atoms with Crippen molar-refractivity contribution in [2.75, 3.05) is 55.6 Å². The maximum absolute atomic E-state index is 6.01. The van der Waals surface area contributed by atoms with E-state index in [4.69, 9.17) is 4.74 Å². The Morgan fingerprint density at radius 3 is 2.12 bits per heavy atom. The Morgan fingerprint density at radius 1 is 0.939 bits per heavy atom. The largest absolute Gasteiger partial charge is 0.372 e. The lowest BCUT2D eigenvalue weighted by Gasteiger charge is -2.41. The Bertz CT molecular complexity index is 740. The second-order valence-electron chi connectivity index (χ2n) is 12.0. The Labute approximate surface area is 209 Å². The maximum Gasteiger partial charge on any atom is 0.0726 e. The van der Waals surface area contributed by atoms with Gasteiger partial charge in [-0.2, -0.15) is 0 Å². The molecule has 0 aromatic heterocycles. The number of anilines is 2. The van der Waals surface area contributed by atoms with Crippen molar-refractivity contribution < 1.29 is 4.74 Å². The van der Waals surface area contributed by atoms with Crippen LogP contribution in [0.2, 0.25) is 0 Å². The van der Waals surface area contributed by atoms with Crippen molar-refractivity contribution >= 4 is 23.8 Å². The summed E-state index contributed by atoms with van der Waals surface area (Å²) in [5.41, 5.74) is 5.03. The summed E-state index contributed by atoms with van der Waals surface area (Å²) < 4.78 is 6.01. The first kappa shape index (κ1) is 26.6. The molecule has 3 fully saturated rings. The van der Waals surface area contributed by atoms with Crippen molar-refractivity contribution in [2.24, 2.45) is 11.3 Å². The van der Waals surface area contributed by atoms with Crippen LogP contribution in [0.15, 0.2) is 18.2 Å². The summed E-state index contributed by atoms with van der Waals surface area (Å²) in [5.74, 6) is 1.45. The summed E-state index contributed by atoms with van der Waals surface area (Å²) in [6.07, 6.45) is 5.93. The molecule has 0 amide bonds. The average molecular weight is 478 g/mol. The minimum atomic E-state index is 0. The molecule has 0 spiro atoms. The Hall–Kier alpha value is -0.970. The van der Waals surface area contributed by atoms with Crippen molar-refractivity contribution in [1.82, 2.24) is 4.90 Å². The topological polar surface area (TPSA) is 19.0 Å². The number of hydrogen-bond acceptors (Lipinski definition) is 4. The fourth-order valence-corrected chi connectivity index (χ4v) is 6.14. The number of ether oxygens (including phenoxy) is 1. The van der Waals surface area contributed by atoms with Crippen molar-refractivity contribution in [1.29, 1.82) is 0 Å². The van der Waals surface area contributed by atoms with E-state index in [9.17, 15) is 0 Å². The molecule has 1 aromatic carbocycles. The molecule has 4 nitrogen and oxygen atoms in total. The van der Waals surface area contributed by atoms with E-state index in [0.717, 1.165) is 32.1 Å². The molecule has 4 rings (SSSR count). The number of morpholine rings is 1. The average Bonchev–Trinajstić information content (AvgIpc) is 2.73. The molecule has 2 saturated heterocycles. The van der Waals surface area contributed by atoms with Gasteiger partial charge in [-0.25, -0.2) is 0 Å². The van der Waals surface area contributed by atoms with Crippen LogP contribution in [0.3, 0.4) is 0 Å². The van der Waals surface area contributed by atoms with Gasteiger partial charge >= 0.3 is 0 Å². The number of rotatable bonds is 5. The van der Waals surface area contributed by atoms with Gasteiger partial charge < -0.3 is 14.5 Å². The Balaban J connectivity index is 0.00000306. The summed E-state index contributed by atoms with van der Waals surface area (Å²) in [7, 11) is 0. The molecular weight excluding hydrogens is 430 g/mol. The first-order valence-corrected chi connectivity index (χ1v) is 13.2. The smallest absolute Gasteiger partial charge is 0.0726 e. The van der Waals surface area contributed by atoms with Crippen LogP contribution in [0, 0.1) is 11.3 Å². The summed E-state index contributed by atoms with van der Waals surface area (Å²) >= 11 is 0. The normalized spacial score (nSPS) is 27.0. The molecule has 3 aliphatic rings. The quantitative estimate of drug-likeness (QED) is 0.503. The molecule has 0 unspecified atom stereocenters. The van der Waals surface area contributed by atoms with Gasteiger partial charge in [0.1, 0.15) is 0 Å². The summed E-state index contributed by atoms with van der Waals surface area (Å²) in [4.78, 5) is 7.88. The monoisotopic (exact) mass is 477 g/mol. The summed E-state index contributed by atoms with van der Waals surface area (Å²) in [6.45, 7) is 21.9. The molecule has 2 atom stereocenters. The van der Waals surface area contributed by atoms with Crippen LogP contribution >= 0.6 is 12.4 Å². The van der Waals surface area contributed by atoms with Crippen molar-refractivity contribution in [3.8, 4) is 0 Å². The highest BCUT2D eigenvalue weighted by atomic mass is 35.5. The van der Waals surface area contributed by atoms with Gasteiger partial charge in [0.2, 0.25) is 0 Å². The molecule has 33 heavy (non-hydrogen) atoms. The molecule has 2 heterocycles. The summed E-state index contributed by atoms with van der Waals surface area (Å²) in [5, 5.41) is 0. The zero-order valence-corrected chi connectivity index (χ0v) is 22.8. The Kier molecular flexibility index (Phi) is 9.02. The molecule has 5 heteroatoms. The number of benzene rings is 1. The highest BCUT2D eigenvalue weighted by Crippen LogP contribution is 2.46. The second kappa shape index (κ2) is 11.2. The third-order valence-electron chi connectivity index (χ3n) is 7.91. The van der Waals surface area contributed by atoms with Gasteiger partial charge in [0.15, 0.2) is 0 Å². The number of nitrogens with zero attached hydrogens (tertiary/aromatic N) is 3. The lowest BCUT2D eigenvalue weighted by Crippen LogP contribution is -2.48. The van der Waals surface area contributed by atoms with Crippen molar-refractivity contribution in [3.05, 3.63) is 23.8 Å². The van der Waals surface area contributed by atoms with E-state index < -0.39 is 0 Å². The van der Waals surface area contributed by atoms with Gasteiger partial charge in [0, 0.05) is 57.2 Å². The molecule has 2 aliphatic heterocycles. The zero-order chi connectivity index (χ0) is 22.9. The number of hydrogen-bond donors (Lipinski definition) is 0. The number of piperazine rings is 1. The third kappa shape index (κ3) is 6.80. The highest BCUT2D eigenvalue weighted by molar-refractivity contribution is 5.85. The second-order valence-corrected chi connectivity index (χ2v) is 12.0. The first-order chi connectivity index (χ1) is 15.2. The van der Waals surface area contributed by atoms with Gasteiger partial charge in [0.05, 0.1) is 12.2 Å². The molecule has 0 radical (unpaired) electrons. The molecule has 1 saturated carbocycles. The molecule has 188 valence electrons. The maximum atomic E-state index is 6.01. The fourth-order valence-electron chi connectivity index (χ4n) is 6.14. The first-order valence-electron chi connectivity index (χ1n) is 13.2. The molecule has 1 aromatic rings. The lowest BCUT2D eigenvalue weighted by molar-refractivity contribution is -0.00522. The van der Waals surface area contributed by atoms with Crippen LogP contribution in [-0.2, 0) is 4.74 Å². The van der Waals surface area contributed by atoms with Gasteiger partial charge in [-0.15, -0.1) is 12.4 Å².